The SMILES string of the molecule is COC(C)(C)CC(=O)N(CCCN)C1CCCCCC1. The number of hydrogen-bond donors (Lipinski definition) is 1. The number of ether oxygens (including phenoxy) is 1. The summed E-state index contributed by atoms with van der Waals surface area (Å²) in [6.07, 6.45) is 8.71. The van der Waals surface area contributed by atoms with Gasteiger partial charge in [-0.25, -0.2) is 0 Å². The van der Waals surface area contributed by atoms with Gasteiger partial charge in [-0.3, -0.25) is 4.79 Å². The van der Waals surface area contributed by atoms with E-state index >= 15 is 0 Å². The molecule has 0 radical (unpaired) electrons. The van der Waals surface area contributed by atoms with Crippen molar-refractivity contribution in [1.82, 2.24) is 4.90 Å². The lowest BCUT2D eigenvalue weighted by molar-refractivity contribution is -0.139. The van der Waals surface area contributed by atoms with E-state index in [1.165, 1.54) is 25.7 Å². The predicted molar refractivity (Wildman–Crippen MR) is 82.6 cm³/mol. The number of nitrogens with zero attached hydrogens (tertiary/aromatic N) is 1. The summed E-state index contributed by atoms with van der Waals surface area (Å²) in [6.45, 7) is 5.38. The fourth-order valence-electron chi connectivity index (χ4n) is 2.88. The van der Waals surface area contributed by atoms with Crippen molar-refractivity contribution in [3.63, 3.8) is 0 Å². The van der Waals surface area contributed by atoms with Crippen LogP contribution in [0.25, 0.3) is 0 Å². The highest BCUT2D eigenvalue weighted by molar-refractivity contribution is 5.77. The highest BCUT2D eigenvalue weighted by atomic mass is 16.5. The van der Waals surface area contributed by atoms with Gasteiger partial charge in [-0.2, -0.15) is 0 Å². The summed E-state index contributed by atoms with van der Waals surface area (Å²) >= 11 is 0. The predicted octanol–water partition coefficient (Wildman–Crippen LogP) is 2.70. The minimum Gasteiger partial charge on any atom is -0.378 e. The first-order valence-corrected chi connectivity index (χ1v) is 8.05. The van der Waals surface area contributed by atoms with Crippen molar-refractivity contribution in [2.24, 2.45) is 5.73 Å². The van der Waals surface area contributed by atoms with Gasteiger partial charge < -0.3 is 15.4 Å². The minimum absolute atomic E-state index is 0.220. The van der Waals surface area contributed by atoms with E-state index in [-0.39, 0.29) is 11.5 Å². The molecule has 1 rings (SSSR count). The zero-order valence-electron chi connectivity index (χ0n) is 13.5. The highest BCUT2D eigenvalue weighted by Gasteiger charge is 2.29. The van der Waals surface area contributed by atoms with Crippen molar-refractivity contribution in [2.75, 3.05) is 20.2 Å². The van der Waals surface area contributed by atoms with Crippen LogP contribution in [0, 0.1) is 0 Å². The second kappa shape index (κ2) is 8.63. The van der Waals surface area contributed by atoms with Crippen LogP contribution >= 0.6 is 0 Å². The summed E-state index contributed by atoms with van der Waals surface area (Å²) in [6, 6.07) is 0.407. The van der Waals surface area contributed by atoms with Crippen molar-refractivity contribution >= 4 is 5.91 Å². The molecule has 0 aliphatic heterocycles. The van der Waals surface area contributed by atoms with E-state index in [0.717, 1.165) is 25.8 Å². The van der Waals surface area contributed by atoms with Gasteiger partial charge in [-0.1, -0.05) is 25.7 Å². The van der Waals surface area contributed by atoms with E-state index in [1.807, 2.05) is 13.8 Å². The van der Waals surface area contributed by atoms with Crippen molar-refractivity contribution in [2.45, 2.75) is 76.9 Å². The molecule has 4 nitrogen and oxygen atoms in total. The average molecular weight is 284 g/mol. The van der Waals surface area contributed by atoms with Crippen LogP contribution < -0.4 is 5.73 Å². The number of carbonyl (C=O) groups is 1. The monoisotopic (exact) mass is 284 g/mol. The standard InChI is InChI=1S/C16H32N2O2/c1-16(2,20-3)13-15(19)18(12-8-11-17)14-9-6-4-5-7-10-14/h14H,4-13,17H2,1-3H3. The number of rotatable bonds is 7. The van der Waals surface area contributed by atoms with Gasteiger partial charge in [0.15, 0.2) is 0 Å². The van der Waals surface area contributed by atoms with Crippen LogP contribution in [0.1, 0.15) is 65.2 Å². The molecule has 0 aromatic heterocycles. The van der Waals surface area contributed by atoms with Gasteiger partial charge in [0.05, 0.1) is 12.0 Å². The molecule has 1 aliphatic rings. The van der Waals surface area contributed by atoms with Gasteiger partial charge in [0.1, 0.15) is 0 Å². The van der Waals surface area contributed by atoms with E-state index in [4.69, 9.17) is 10.5 Å². The quantitative estimate of drug-likeness (QED) is 0.731. The first-order chi connectivity index (χ1) is 9.50. The van der Waals surface area contributed by atoms with Crippen molar-refractivity contribution < 1.29 is 9.53 Å². The largest absolute Gasteiger partial charge is 0.378 e. The van der Waals surface area contributed by atoms with Gasteiger partial charge in [0.25, 0.3) is 0 Å². The van der Waals surface area contributed by atoms with E-state index < -0.39 is 0 Å². The Morgan fingerprint density at radius 2 is 1.85 bits per heavy atom. The van der Waals surface area contributed by atoms with Crippen LogP contribution in [-0.2, 0) is 9.53 Å². The normalized spacial score (nSPS) is 17.8. The molecule has 0 bridgehead atoms. The maximum Gasteiger partial charge on any atom is 0.225 e. The number of hydrogen-bond acceptors (Lipinski definition) is 3. The topological polar surface area (TPSA) is 55.6 Å². The van der Waals surface area contributed by atoms with Crippen molar-refractivity contribution in [1.29, 1.82) is 0 Å². The molecule has 1 amide bonds. The molecule has 0 unspecified atom stereocenters. The molecule has 0 heterocycles. The average Bonchev–Trinajstić information content (AvgIpc) is 2.68. The van der Waals surface area contributed by atoms with Crippen LogP contribution in [0.4, 0.5) is 0 Å². The Bertz CT molecular complexity index is 284. The lowest BCUT2D eigenvalue weighted by Gasteiger charge is -2.34. The van der Waals surface area contributed by atoms with Crippen molar-refractivity contribution in [3.8, 4) is 0 Å². The molecule has 20 heavy (non-hydrogen) atoms. The van der Waals surface area contributed by atoms with Crippen molar-refractivity contribution in [3.05, 3.63) is 0 Å². The molecule has 0 aromatic carbocycles. The molecular weight excluding hydrogens is 252 g/mol. The molecule has 0 atom stereocenters. The maximum atomic E-state index is 12.6. The van der Waals surface area contributed by atoms with E-state index in [1.54, 1.807) is 7.11 Å². The van der Waals surface area contributed by atoms with Crippen LogP contribution in [0.15, 0.2) is 0 Å². The summed E-state index contributed by atoms with van der Waals surface area (Å²) in [5.74, 6) is 0.220. The number of nitrogens with two attached hydrogens (primary N) is 1. The fraction of sp³-hybridized carbons (Fsp3) is 0.938. The number of methoxy groups -OCH3 is 1. The summed E-state index contributed by atoms with van der Waals surface area (Å²) in [4.78, 5) is 14.7. The Morgan fingerprint density at radius 3 is 2.35 bits per heavy atom. The molecular formula is C16H32N2O2. The lowest BCUT2D eigenvalue weighted by Crippen LogP contribution is -2.44. The summed E-state index contributed by atoms with van der Waals surface area (Å²) < 4.78 is 5.40. The second-order valence-electron chi connectivity index (χ2n) is 6.52. The van der Waals surface area contributed by atoms with Crippen LogP contribution in [0.2, 0.25) is 0 Å². The molecule has 1 aliphatic carbocycles. The zero-order chi connectivity index (χ0) is 15.0. The summed E-state index contributed by atoms with van der Waals surface area (Å²) in [5, 5.41) is 0. The van der Waals surface area contributed by atoms with Crippen LogP contribution in [0.5, 0.6) is 0 Å². The molecule has 1 saturated carbocycles. The highest BCUT2D eigenvalue weighted by Crippen LogP contribution is 2.24. The molecule has 0 saturated heterocycles. The molecule has 1 fully saturated rings. The molecule has 118 valence electrons. The smallest absolute Gasteiger partial charge is 0.225 e. The Hall–Kier alpha value is -0.610. The molecule has 0 spiro atoms. The Labute approximate surface area is 124 Å². The van der Waals surface area contributed by atoms with Crippen LogP contribution in [-0.4, -0.2) is 42.6 Å². The van der Waals surface area contributed by atoms with Gasteiger partial charge in [-0.15, -0.1) is 0 Å². The Kier molecular flexibility index (Phi) is 7.52. The Balaban J connectivity index is 2.68. The molecule has 2 N–H and O–H groups in total. The van der Waals surface area contributed by atoms with E-state index in [9.17, 15) is 4.79 Å². The van der Waals surface area contributed by atoms with Crippen LogP contribution in [0.3, 0.4) is 0 Å². The summed E-state index contributed by atoms with van der Waals surface area (Å²) in [7, 11) is 1.67. The van der Waals surface area contributed by atoms with Gasteiger partial charge >= 0.3 is 0 Å². The van der Waals surface area contributed by atoms with E-state index in [0.29, 0.717) is 19.0 Å². The number of carbonyl (C=O) groups excluding carboxylic acids is 1. The maximum absolute atomic E-state index is 12.6. The fourth-order valence-corrected chi connectivity index (χ4v) is 2.88. The Morgan fingerprint density at radius 1 is 1.25 bits per heavy atom. The minimum atomic E-state index is -0.386. The van der Waals surface area contributed by atoms with Gasteiger partial charge in [-0.05, 0) is 39.7 Å². The third-order valence-corrected chi connectivity index (χ3v) is 4.32. The summed E-state index contributed by atoms with van der Waals surface area (Å²) in [5.41, 5.74) is 5.24. The van der Waals surface area contributed by atoms with Gasteiger partial charge in [0.2, 0.25) is 5.91 Å². The number of amides is 1. The third-order valence-electron chi connectivity index (χ3n) is 4.32. The van der Waals surface area contributed by atoms with E-state index in [2.05, 4.69) is 4.90 Å². The molecule has 0 aromatic rings. The molecule has 4 heteroatoms. The lowest BCUT2D eigenvalue weighted by atomic mass is 10.0. The second-order valence-corrected chi connectivity index (χ2v) is 6.52. The first-order valence-electron chi connectivity index (χ1n) is 8.05. The zero-order valence-corrected chi connectivity index (χ0v) is 13.5. The third kappa shape index (κ3) is 5.80. The first kappa shape index (κ1) is 17.4. The van der Waals surface area contributed by atoms with Gasteiger partial charge in [0, 0.05) is 19.7 Å².